The van der Waals surface area contributed by atoms with Crippen LogP contribution >= 0.6 is 11.6 Å². The Labute approximate surface area is 140 Å². The van der Waals surface area contributed by atoms with Gasteiger partial charge in [-0.2, -0.15) is 9.78 Å². The van der Waals surface area contributed by atoms with Gasteiger partial charge in [0.05, 0.1) is 21.8 Å². The quantitative estimate of drug-likeness (QED) is 0.587. The monoisotopic (exact) mass is 339 g/mol. The van der Waals surface area contributed by atoms with E-state index in [9.17, 15) is 9.59 Å². The summed E-state index contributed by atoms with van der Waals surface area (Å²) >= 11 is 5.99. The minimum atomic E-state index is -1.12. The summed E-state index contributed by atoms with van der Waals surface area (Å²) in [5, 5.41) is 14.3. The van der Waals surface area contributed by atoms with E-state index in [0.29, 0.717) is 16.9 Å². The van der Waals surface area contributed by atoms with Gasteiger partial charge in [0.2, 0.25) is 0 Å². The lowest BCUT2D eigenvalue weighted by Gasteiger charge is -2.03. The Bertz CT molecular complexity index is 1130. The normalized spacial score (nSPS) is 11.2. The smallest absolute Gasteiger partial charge is 0.337 e. The lowest BCUT2D eigenvalue weighted by Crippen LogP contribution is -2.14. The van der Waals surface area contributed by atoms with Gasteiger partial charge in [0, 0.05) is 17.1 Å². The van der Waals surface area contributed by atoms with Crippen LogP contribution in [0.2, 0.25) is 5.02 Å². The maximum Gasteiger partial charge on any atom is 0.337 e. The number of rotatable bonds is 2. The summed E-state index contributed by atoms with van der Waals surface area (Å²) in [5.74, 6) is -1.12. The van der Waals surface area contributed by atoms with Gasteiger partial charge >= 0.3 is 5.97 Å². The number of pyridine rings is 1. The van der Waals surface area contributed by atoms with E-state index < -0.39 is 5.97 Å². The molecule has 0 aromatic heterocycles. The van der Waals surface area contributed by atoms with Gasteiger partial charge in [-0.15, -0.1) is 0 Å². The minimum absolute atomic E-state index is 0.0247. The topological polar surface area (TPSA) is 88.0 Å². The summed E-state index contributed by atoms with van der Waals surface area (Å²) in [6.45, 7) is 0. The van der Waals surface area contributed by atoms with Crippen molar-refractivity contribution >= 4 is 28.5 Å². The molecule has 0 atom stereocenters. The average molecular weight is 340 g/mol. The molecular weight excluding hydrogens is 330 g/mol. The molecule has 24 heavy (non-hydrogen) atoms. The molecule has 2 heterocycles. The molecule has 118 valence electrons. The third-order valence-corrected chi connectivity index (χ3v) is 4.17. The first kappa shape index (κ1) is 14.5. The highest BCUT2D eigenvalue weighted by Crippen LogP contribution is 2.26. The van der Waals surface area contributed by atoms with Crippen molar-refractivity contribution in [1.29, 1.82) is 0 Å². The van der Waals surface area contributed by atoms with Crippen LogP contribution in [0.1, 0.15) is 10.4 Å². The number of H-pyrrole nitrogens is 1. The number of aromatic amines is 1. The molecular formula is C17H10ClN3O3. The van der Waals surface area contributed by atoms with Crippen LogP contribution in [-0.2, 0) is 0 Å². The number of para-hydroxylation sites is 1. The molecule has 0 fully saturated rings. The van der Waals surface area contributed by atoms with Crippen molar-refractivity contribution in [2.75, 3.05) is 0 Å². The van der Waals surface area contributed by atoms with Gasteiger partial charge < -0.3 is 10.1 Å². The van der Waals surface area contributed by atoms with Crippen LogP contribution in [0.3, 0.4) is 0 Å². The van der Waals surface area contributed by atoms with Crippen LogP contribution in [-0.4, -0.2) is 25.8 Å². The lowest BCUT2D eigenvalue weighted by molar-refractivity contribution is 0.0697. The number of nitrogens with zero attached hydrogens (tertiary/aromatic N) is 2. The van der Waals surface area contributed by atoms with E-state index in [1.54, 1.807) is 6.20 Å². The van der Waals surface area contributed by atoms with Crippen LogP contribution in [0.5, 0.6) is 0 Å². The van der Waals surface area contributed by atoms with E-state index in [-0.39, 0.29) is 16.1 Å². The van der Waals surface area contributed by atoms with Gasteiger partial charge in [0.15, 0.2) is 0 Å². The molecule has 0 bridgehead atoms. The summed E-state index contributed by atoms with van der Waals surface area (Å²) in [4.78, 5) is 26.8. The van der Waals surface area contributed by atoms with E-state index >= 15 is 0 Å². The molecule has 0 saturated carbocycles. The average Bonchev–Trinajstić information content (AvgIpc) is 2.92. The van der Waals surface area contributed by atoms with Crippen LogP contribution in [0, 0.1) is 0 Å². The third-order valence-electron chi connectivity index (χ3n) is 3.86. The molecule has 0 spiro atoms. The fraction of sp³-hybridized carbons (Fsp3) is 0. The van der Waals surface area contributed by atoms with Crippen LogP contribution < -0.4 is 5.56 Å². The first-order valence-electron chi connectivity index (χ1n) is 7.08. The summed E-state index contributed by atoms with van der Waals surface area (Å²) in [5.41, 5.74) is 1.98. The highest BCUT2D eigenvalue weighted by Gasteiger charge is 2.19. The number of benzene rings is 2. The second-order valence-electron chi connectivity index (χ2n) is 5.28. The highest BCUT2D eigenvalue weighted by molar-refractivity contribution is 6.33. The number of carboxylic acid groups (broad SMARTS) is 1. The van der Waals surface area contributed by atoms with Crippen molar-refractivity contribution in [3.05, 3.63) is 69.6 Å². The number of aromatic nitrogens is 3. The van der Waals surface area contributed by atoms with Gasteiger partial charge in [-0.1, -0.05) is 29.8 Å². The highest BCUT2D eigenvalue weighted by atomic mass is 35.5. The summed E-state index contributed by atoms with van der Waals surface area (Å²) in [6.07, 6.45) is 1.62. The largest absolute Gasteiger partial charge is 0.478 e. The second kappa shape index (κ2) is 5.21. The molecule has 7 heteroatoms. The van der Waals surface area contributed by atoms with Crippen molar-refractivity contribution in [1.82, 2.24) is 14.8 Å². The summed E-state index contributed by atoms with van der Waals surface area (Å²) in [6, 6.07) is 11.8. The fourth-order valence-electron chi connectivity index (χ4n) is 2.69. The van der Waals surface area contributed by atoms with Gasteiger partial charge in [-0.25, -0.2) is 4.79 Å². The molecule has 4 rings (SSSR count). The molecule has 2 aromatic rings. The van der Waals surface area contributed by atoms with Crippen molar-refractivity contribution < 1.29 is 9.90 Å². The number of nitrogens with one attached hydrogen (secondary N) is 1. The molecule has 0 saturated heterocycles. The Kier molecular flexibility index (Phi) is 3.14. The molecule has 2 aliphatic heterocycles. The molecule has 2 aliphatic rings. The lowest BCUT2D eigenvalue weighted by atomic mass is 10.1. The van der Waals surface area contributed by atoms with Crippen molar-refractivity contribution in [2.45, 2.75) is 0 Å². The number of carbonyl (C=O) groups is 1. The molecule has 6 nitrogen and oxygen atoms in total. The Morgan fingerprint density at radius 3 is 2.75 bits per heavy atom. The zero-order valence-electron chi connectivity index (χ0n) is 12.2. The molecule has 0 aliphatic carbocycles. The predicted octanol–water partition coefficient (Wildman–Crippen LogP) is 3.17. The first-order chi connectivity index (χ1) is 11.6. The number of halogens is 1. The van der Waals surface area contributed by atoms with Gasteiger partial charge in [0.1, 0.15) is 5.69 Å². The number of hydrogen-bond acceptors (Lipinski definition) is 3. The predicted molar refractivity (Wildman–Crippen MR) is 90.3 cm³/mol. The standard InChI is InChI=1S/C17H10ClN3O3/c18-13-7-9(5-6-10(13)17(23)24)21-16(22)12-8-19-14-4-2-1-3-11(14)15(12)20-21/h1-8,19H,(H,23,24). The van der Waals surface area contributed by atoms with Crippen molar-refractivity contribution in [3.8, 4) is 16.9 Å². The van der Waals surface area contributed by atoms with Crippen LogP contribution in [0.4, 0.5) is 0 Å². The molecule has 0 unspecified atom stereocenters. The number of carboxylic acids is 1. The Morgan fingerprint density at radius 1 is 1.21 bits per heavy atom. The van der Waals surface area contributed by atoms with E-state index in [0.717, 1.165) is 10.9 Å². The van der Waals surface area contributed by atoms with E-state index in [2.05, 4.69) is 10.1 Å². The number of hydrogen-bond donors (Lipinski definition) is 2. The summed E-state index contributed by atoms with van der Waals surface area (Å²) in [7, 11) is 0. The fourth-order valence-corrected chi connectivity index (χ4v) is 2.95. The van der Waals surface area contributed by atoms with E-state index in [1.807, 2.05) is 24.3 Å². The minimum Gasteiger partial charge on any atom is -0.478 e. The molecule has 2 aromatic carbocycles. The molecule has 0 amide bonds. The molecule has 0 radical (unpaired) electrons. The molecule has 2 N–H and O–H groups in total. The van der Waals surface area contributed by atoms with Gasteiger partial charge in [-0.3, -0.25) is 4.79 Å². The Balaban J connectivity index is 1.98. The first-order valence-corrected chi connectivity index (χ1v) is 7.46. The van der Waals surface area contributed by atoms with Crippen molar-refractivity contribution in [2.24, 2.45) is 0 Å². The zero-order chi connectivity index (χ0) is 16.8. The van der Waals surface area contributed by atoms with Gasteiger partial charge in [-0.05, 0) is 24.3 Å². The second-order valence-corrected chi connectivity index (χ2v) is 5.69. The van der Waals surface area contributed by atoms with Crippen LogP contribution in [0.15, 0.2) is 53.5 Å². The SMILES string of the molecule is O=C(O)c1ccc(-n2nc3c4ccccc4[nH]cc-3c2=O)cc1Cl. The van der Waals surface area contributed by atoms with E-state index in [4.69, 9.17) is 16.7 Å². The Hall–Kier alpha value is -3.12. The number of aromatic carboxylic acids is 1. The third kappa shape index (κ3) is 2.08. The van der Waals surface area contributed by atoms with Crippen molar-refractivity contribution in [3.63, 3.8) is 0 Å². The summed E-state index contributed by atoms with van der Waals surface area (Å²) < 4.78 is 1.22. The van der Waals surface area contributed by atoms with E-state index in [1.165, 1.54) is 22.9 Å². The maximum absolute atomic E-state index is 12.6. The Morgan fingerprint density at radius 2 is 2.00 bits per heavy atom. The maximum atomic E-state index is 12.6. The van der Waals surface area contributed by atoms with Crippen LogP contribution in [0.25, 0.3) is 27.8 Å². The number of fused-ring (bicyclic) bond motifs is 3. The zero-order valence-corrected chi connectivity index (χ0v) is 12.9. The van der Waals surface area contributed by atoms with Gasteiger partial charge in [0.25, 0.3) is 5.56 Å².